The number of carbonyl (C=O) groups excluding carboxylic acids is 1. The molecule has 0 heterocycles. The lowest BCUT2D eigenvalue weighted by Crippen LogP contribution is -2.43. The normalized spacial score (nSPS) is 13.5. The maximum absolute atomic E-state index is 12.3. The Labute approximate surface area is 124 Å². The number of carboxylic acids is 1. The largest absolute Gasteiger partial charge is 0.480 e. The zero-order valence-electron chi connectivity index (χ0n) is 11.8. The van der Waals surface area contributed by atoms with E-state index in [-0.39, 0.29) is 11.8 Å². The third kappa shape index (κ3) is 4.89. The number of thioether (sulfide) groups is 1. The Morgan fingerprint density at radius 2 is 1.95 bits per heavy atom. The molecule has 2 unspecified atom stereocenters. The number of rotatable bonds is 8. The quantitative estimate of drug-likeness (QED) is 0.773. The standard InChI is InChI=1S/C15H21NO3S/c1-3-12(11-7-5-4-6-8-11)14(17)16-13(15(18)19)9-10-20-2/h4-8,12-13H,3,9-10H2,1-2H3,(H,16,17)(H,18,19). The SMILES string of the molecule is CCC(C(=O)NC(CCSC)C(=O)O)c1ccccc1. The lowest BCUT2D eigenvalue weighted by Gasteiger charge is -2.19. The molecule has 0 aromatic heterocycles. The summed E-state index contributed by atoms with van der Waals surface area (Å²) in [5, 5.41) is 11.8. The van der Waals surface area contributed by atoms with Crippen molar-refractivity contribution in [2.75, 3.05) is 12.0 Å². The molecule has 0 radical (unpaired) electrons. The molecule has 0 aliphatic heterocycles. The Hall–Kier alpha value is -1.49. The number of nitrogens with one attached hydrogen (secondary N) is 1. The van der Waals surface area contributed by atoms with Crippen molar-refractivity contribution in [2.45, 2.75) is 31.7 Å². The van der Waals surface area contributed by atoms with Gasteiger partial charge in [-0.25, -0.2) is 4.79 Å². The lowest BCUT2D eigenvalue weighted by atomic mass is 9.95. The molecular formula is C15H21NO3S. The Morgan fingerprint density at radius 3 is 2.45 bits per heavy atom. The van der Waals surface area contributed by atoms with E-state index in [1.54, 1.807) is 11.8 Å². The van der Waals surface area contributed by atoms with Crippen LogP contribution in [0.25, 0.3) is 0 Å². The Kier molecular flexibility index (Phi) is 7.15. The fourth-order valence-corrected chi connectivity index (χ4v) is 2.49. The van der Waals surface area contributed by atoms with E-state index < -0.39 is 12.0 Å². The molecule has 0 saturated carbocycles. The highest BCUT2D eigenvalue weighted by Crippen LogP contribution is 2.19. The first-order valence-electron chi connectivity index (χ1n) is 6.67. The van der Waals surface area contributed by atoms with Crippen LogP contribution in [0.3, 0.4) is 0 Å². The van der Waals surface area contributed by atoms with Gasteiger partial charge in [0.1, 0.15) is 6.04 Å². The van der Waals surface area contributed by atoms with Crippen LogP contribution in [0.2, 0.25) is 0 Å². The molecule has 0 bridgehead atoms. The molecule has 0 aliphatic rings. The van der Waals surface area contributed by atoms with Gasteiger partial charge in [0.2, 0.25) is 5.91 Å². The van der Waals surface area contributed by atoms with Crippen molar-refractivity contribution in [3.8, 4) is 0 Å². The van der Waals surface area contributed by atoms with Gasteiger partial charge in [0.25, 0.3) is 0 Å². The van der Waals surface area contributed by atoms with Gasteiger partial charge in [-0.05, 0) is 30.4 Å². The topological polar surface area (TPSA) is 66.4 Å². The van der Waals surface area contributed by atoms with Gasteiger partial charge >= 0.3 is 5.97 Å². The van der Waals surface area contributed by atoms with E-state index in [2.05, 4.69) is 5.32 Å². The van der Waals surface area contributed by atoms with Gasteiger partial charge in [-0.15, -0.1) is 0 Å². The molecule has 4 nitrogen and oxygen atoms in total. The molecule has 2 atom stereocenters. The van der Waals surface area contributed by atoms with E-state index in [4.69, 9.17) is 5.11 Å². The number of carboxylic acid groups (broad SMARTS) is 1. The molecule has 0 fully saturated rings. The van der Waals surface area contributed by atoms with Crippen LogP contribution in [-0.4, -0.2) is 35.0 Å². The molecule has 20 heavy (non-hydrogen) atoms. The molecule has 1 amide bonds. The van der Waals surface area contributed by atoms with E-state index in [9.17, 15) is 9.59 Å². The molecule has 1 aromatic carbocycles. The predicted octanol–water partition coefficient (Wildman–Crippen LogP) is 2.50. The van der Waals surface area contributed by atoms with Crippen LogP contribution in [0, 0.1) is 0 Å². The molecule has 5 heteroatoms. The summed E-state index contributed by atoms with van der Waals surface area (Å²) < 4.78 is 0. The molecule has 110 valence electrons. The van der Waals surface area contributed by atoms with E-state index in [1.165, 1.54) is 0 Å². The number of amides is 1. The Bertz CT molecular complexity index is 436. The zero-order valence-corrected chi connectivity index (χ0v) is 12.7. The fraction of sp³-hybridized carbons (Fsp3) is 0.467. The van der Waals surface area contributed by atoms with Crippen LogP contribution in [0.5, 0.6) is 0 Å². The molecule has 1 rings (SSSR count). The van der Waals surface area contributed by atoms with Crippen LogP contribution >= 0.6 is 11.8 Å². The Balaban J connectivity index is 2.73. The fourth-order valence-electron chi connectivity index (χ4n) is 2.02. The molecular weight excluding hydrogens is 274 g/mol. The van der Waals surface area contributed by atoms with Crippen LogP contribution in [0.15, 0.2) is 30.3 Å². The minimum atomic E-state index is -0.977. The summed E-state index contributed by atoms with van der Waals surface area (Å²) >= 11 is 1.57. The molecule has 0 aliphatic carbocycles. The lowest BCUT2D eigenvalue weighted by molar-refractivity contribution is -0.142. The molecule has 2 N–H and O–H groups in total. The second-order valence-electron chi connectivity index (χ2n) is 4.55. The number of aliphatic carboxylic acids is 1. The van der Waals surface area contributed by atoms with Crippen LogP contribution in [0.1, 0.15) is 31.2 Å². The van der Waals surface area contributed by atoms with Crippen molar-refractivity contribution >= 4 is 23.6 Å². The number of carbonyl (C=O) groups is 2. The van der Waals surface area contributed by atoms with Gasteiger partial charge in [0.05, 0.1) is 5.92 Å². The Morgan fingerprint density at radius 1 is 1.30 bits per heavy atom. The van der Waals surface area contributed by atoms with Gasteiger partial charge in [0, 0.05) is 0 Å². The summed E-state index contributed by atoms with van der Waals surface area (Å²) in [6, 6.07) is 8.64. The van der Waals surface area contributed by atoms with Crippen molar-refractivity contribution in [3.63, 3.8) is 0 Å². The first kappa shape index (κ1) is 16.6. The number of hydrogen-bond donors (Lipinski definition) is 2. The monoisotopic (exact) mass is 295 g/mol. The highest BCUT2D eigenvalue weighted by molar-refractivity contribution is 7.98. The van der Waals surface area contributed by atoms with Crippen LogP contribution < -0.4 is 5.32 Å². The summed E-state index contributed by atoms with van der Waals surface area (Å²) in [5.74, 6) is -0.783. The van der Waals surface area contributed by atoms with E-state index in [0.29, 0.717) is 18.6 Å². The van der Waals surface area contributed by atoms with Crippen molar-refractivity contribution in [2.24, 2.45) is 0 Å². The minimum Gasteiger partial charge on any atom is -0.480 e. The second kappa shape index (κ2) is 8.64. The van der Waals surface area contributed by atoms with Gasteiger partial charge in [-0.2, -0.15) is 11.8 Å². The van der Waals surface area contributed by atoms with Crippen molar-refractivity contribution < 1.29 is 14.7 Å². The summed E-state index contributed by atoms with van der Waals surface area (Å²) in [4.78, 5) is 23.4. The van der Waals surface area contributed by atoms with Crippen molar-refractivity contribution in [1.29, 1.82) is 0 Å². The highest BCUT2D eigenvalue weighted by atomic mass is 32.2. The van der Waals surface area contributed by atoms with Gasteiger partial charge in [-0.3, -0.25) is 4.79 Å². The third-order valence-electron chi connectivity index (χ3n) is 3.15. The maximum atomic E-state index is 12.3. The highest BCUT2D eigenvalue weighted by Gasteiger charge is 2.24. The molecule has 1 aromatic rings. The minimum absolute atomic E-state index is 0.216. The van der Waals surface area contributed by atoms with Crippen molar-refractivity contribution in [1.82, 2.24) is 5.32 Å². The summed E-state index contributed by atoms with van der Waals surface area (Å²) in [5.41, 5.74) is 0.918. The third-order valence-corrected chi connectivity index (χ3v) is 3.80. The van der Waals surface area contributed by atoms with Gasteiger partial charge in [0.15, 0.2) is 0 Å². The predicted molar refractivity (Wildman–Crippen MR) is 82.0 cm³/mol. The van der Waals surface area contributed by atoms with E-state index >= 15 is 0 Å². The van der Waals surface area contributed by atoms with Gasteiger partial charge in [-0.1, -0.05) is 37.3 Å². The number of hydrogen-bond acceptors (Lipinski definition) is 3. The summed E-state index contributed by atoms with van der Waals surface area (Å²) in [6.07, 6.45) is 3.00. The smallest absolute Gasteiger partial charge is 0.326 e. The average Bonchev–Trinajstić information content (AvgIpc) is 2.45. The first-order valence-corrected chi connectivity index (χ1v) is 8.06. The summed E-state index contributed by atoms with van der Waals surface area (Å²) in [7, 11) is 0. The van der Waals surface area contributed by atoms with Crippen LogP contribution in [-0.2, 0) is 9.59 Å². The first-order chi connectivity index (χ1) is 9.60. The molecule has 0 spiro atoms. The van der Waals surface area contributed by atoms with Gasteiger partial charge < -0.3 is 10.4 Å². The maximum Gasteiger partial charge on any atom is 0.326 e. The van der Waals surface area contributed by atoms with E-state index in [1.807, 2.05) is 43.5 Å². The number of benzene rings is 1. The van der Waals surface area contributed by atoms with Crippen molar-refractivity contribution in [3.05, 3.63) is 35.9 Å². The summed E-state index contributed by atoms with van der Waals surface area (Å²) in [6.45, 7) is 1.93. The van der Waals surface area contributed by atoms with E-state index in [0.717, 1.165) is 5.56 Å². The van der Waals surface area contributed by atoms with Crippen LogP contribution in [0.4, 0.5) is 0 Å². The average molecular weight is 295 g/mol. The second-order valence-corrected chi connectivity index (χ2v) is 5.54. The molecule has 0 saturated heterocycles. The zero-order chi connectivity index (χ0) is 15.0.